The molecule has 0 heterocycles. The smallest absolute Gasteiger partial charge is 0.338 e. The molecular weight excluding hydrogens is 248 g/mol. The number of carbonyl (C=O) groups excluding carboxylic acids is 1. The summed E-state index contributed by atoms with van der Waals surface area (Å²) in [5.41, 5.74) is 1.47. The van der Waals surface area contributed by atoms with Crippen molar-refractivity contribution in [3.05, 3.63) is 70.7 Å². The Bertz CT molecular complexity index is 520. The molecule has 0 N–H and O–H groups in total. The van der Waals surface area contributed by atoms with E-state index in [9.17, 15) is 4.79 Å². The van der Waals surface area contributed by atoms with E-state index in [-0.39, 0.29) is 12.1 Å². The Labute approximate surface area is 111 Å². The molecule has 2 aromatic carbocycles. The first-order chi connectivity index (χ1) is 8.66. The summed E-state index contributed by atoms with van der Waals surface area (Å²) < 4.78 is 5.38. The molecule has 0 aliphatic heterocycles. The van der Waals surface area contributed by atoms with Gasteiger partial charge in [-0.3, -0.25) is 0 Å². The van der Waals surface area contributed by atoms with Crippen LogP contribution in [0.5, 0.6) is 0 Å². The van der Waals surface area contributed by atoms with Crippen molar-refractivity contribution in [1.82, 2.24) is 0 Å². The van der Waals surface area contributed by atoms with Crippen LogP contribution < -0.4 is 0 Å². The van der Waals surface area contributed by atoms with E-state index in [1.165, 1.54) is 0 Å². The van der Waals surface area contributed by atoms with E-state index in [0.29, 0.717) is 10.6 Å². The maximum atomic E-state index is 11.8. The van der Waals surface area contributed by atoms with Gasteiger partial charge in [0.15, 0.2) is 0 Å². The topological polar surface area (TPSA) is 26.3 Å². The van der Waals surface area contributed by atoms with Gasteiger partial charge in [-0.2, -0.15) is 0 Å². The average molecular weight is 261 g/mol. The number of esters is 1. The van der Waals surface area contributed by atoms with Gasteiger partial charge in [0.1, 0.15) is 6.10 Å². The van der Waals surface area contributed by atoms with Gasteiger partial charge in [0.05, 0.1) is 5.56 Å². The summed E-state index contributed by atoms with van der Waals surface area (Å²) in [6, 6.07) is 16.2. The summed E-state index contributed by atoms with van der Waals surface area (Å²) in [4.78, 5) is 11.8. The second-order valence-electron chi connectivity index (χ2n) is 3.97. The van der Waals surface area contributed by atoms with Gasteiger partial charge in [-0.05, 0) is 36.8 Å². The molecule has 92 valence electrons. The number of ether oxygens (including phenoxy) is 1. The molecule has 0 amide bonds. The van der Waals surface area contributed by atoms with Crippen LogP contribution in [-0.2, 0) is 4.74 Å². The van der Waals surface area contributed by atoms with Gasteiger partial charge in [-0.25, -0.2) is 4.79 Å². The number of rotatable bonds is 3. The molecule has 3 heteroatoms. The molecule has 0 bridgehead atoms. The van der Waals surface area contributed by atoms with E-state index in [1.54, 1.807) is 24.3 Å². The highest BCUT2D eigenvalue weighted by Crippen LogP contribution is 2.20. The maximum Gasteiger partial charge on any atom is 0.338 e. The average Bonchev–Trinajstić information content (AvgIpc) is 2.40. The molecule has 0 aliphatic carbocycles. The molecule has 0 aliphatic rings. The fourth-order valence-corrected chi connectivity index (χ4v) is 1.73. The number of carbonyl (C=O) groups is 1. The maximum absolute atomic E-state index is 11.8. The van der Waals surface area contributed by atoms with Crippen LogP contribution in [0.1, 0.15) is 28.9 Å². The summed E-state index contributed by atoms with van der Waals surface area (Å²) >= 11 is 5.81. The van der Waals surface area contributed by atoms with Crippen molar-refractivity contribution in [3.63, 3.8) is 0 Å². The first-order valence-electron chi connectivity index (χ1n) is 5.68. The van der Waals surface area contributed by atoms with Crippen molar-refractivity contribution in [2.24, 2.45) is 0 Å². The van der Waals surface area contributed by atoms with Gasteiger partial charge in [-0.1, -0.05) is 41.9 Å². The molecule has 2 aromatic rings. The van der Waals surface area contributed by atoms with Crippen LogP contribution in [0.3, 0.4) is 0 Å². The van der Waals surface area contributed by atoms with Crippen LogP contribution in [0.4, 0.5) is 0 Å². The standard InChI is InChI=1S/C15H13ClO2/c1-11(12-7-9-14(16)10-8-12)18-15(17)13-5-3-2-4-6-13/h2-11H,1H3. The van der Waals surface area contributed by atoms with Gasteiger partial charge >= 0.3 is 5.97 Å². The molecule has 1 unspecified atom stereocenters. The zero-order valence-electron chi connectivity index (χ0n) is 9.97. The predicted octanol–water partition coefficient (Wildman–Crippen LogP) is 4.26. The van der Waals surface area contributed by atoms with E-state index >= 15 is 0 Å². The lowest BCUT2D eigenvalue weighted by atomic mass is 10.1. The van der Waals surface area contributed by atoms with Crippen molar-refractivity contribution in [1.29, 1.82) is 0 Å². The third kappa shape index (κ3) is 3.11. The zero-order valence-corrected chi connectivity index (χ0v) is 10.7. The Morgan fingerprint density at radius 2 is 1.67 bits per heavy atom. The lowest BCUT2D eigenvalue weighted by Crippen LogP contribution is -2.08. The Morgan fingerprint density at radius 1 is 1.06 bits per heavy atom. The van der Waals surface area contributed by atoms with E-state index in [0.717, 1.165) is 5.56 Å². The molecule has 0 spiro atoms. The summed E-state index contributed by atoms with van der Waals surface area (Å²) in [5.74, 6) is -0.321. The van der Waals surface area contributed by atoms with Gasteiger partial charge in [0.2, 0.25) is 0 Å². The molecule has 0 radical (unpaired) electrons. The summed E-state index contributed by atoms with van der Waals surface area (Å²) in [7, 11) is 0. The minimum Gasteiger partial charge on any atom is -0.454 e. The van der Waals surface area contributed by atoms with Crippen LogP contribution in [0, 0.1) is 0 Å². The molecule has 1 atom stereocenters. The lowest BCUT2D eigenvalue weighted by Gasteiger charge is -2.13. The second kappa shape index (κ2) is 5.69. The molecule has 2 nitrogen and oxygen atoms in total. The Balaban J connectivity index is 2.06. The number of benzene rings is 2. The third-order valence-corrected chi connectivity index (χ3v) is 2.88. The largest absolute Gasteiger partial charge is 0.454 e. The van der Waals surface area contributed by atoms with E-state index < -0.39 is 0 Å². The quantitative estimate of drug-likeness (QED) is 0.771. The van der Waals surface area contributed by atoms with E-state index in [1.807, 2.05) is 37.3 Å². The molecule has 2 rings (SSSR count). The number of hydrogen-bond donors (Lipinski definition) is 0. The van der Waals surface area contributed by atoms with Crippen LogP contribution in [0.25, 0.3) is 0 Å². The molecular formula is C15H13ClO2. The van der Waals surface area contributed by atoms with Crippen LogP contribution >= 0.6 is 11.6 Å². The summed E-state index contributed by atoms with van der Waals surface area (Å²) in [6.07, 6.45) is -0.296. The second-order valence-corrected chi connectivity index (χ2v) is 4.40. The summed E-state index contributed by atoms with van der Waals surface area (Å²) in [6.45, 7) is 1.84. The molecule has 0 fully saturated rings. The van der Waals surface area contributed by atoms with Crippen LogP contribution in [-0.4, -0.2) is 5.97 Å². The van der Waals surface area contributed by atoms with Gasteiger partial charge in [0.25, 0.3) is 0 Å². The fraction of sp³-hybridized carbons (Fsp3) is 0.133. The first-order valence-corrected chi connectivity index (χ1v) is 6.06. The summed E-state index contributed by atoms with van der Waals surface area (Å²) in [5, 5.41) is 0.667. The minimum atomic E-state index is -0.321. The molecule has 0 saturated carbocycles. The highest BCUT2D eigenvalue weighted by atomic mass is 35.5. The zero-order chi connectivity index (χ0) is 13.0. The van der Waals surface area contributed by atoms with Crippen molar-refractivity contribution in [3.8, 4) is 0 Å². The third-order valence-electron chi connectivity index (χ3n) is 2.63. The number of halogens is 1. The van der Waals surface area contributed by atoms with Gasteiger partial charge in [-0.15, -0.1) is 0 Å². The number of hydrogen-bond acceptors (Lipinski definition) is 2. The molecule has 18 heavy (non-hydrogen) atoms. The highest BCUT2D eigenvalue weighted by molar-refractivity contribution is 6.30. The monoisotopic (exact) mass is 260 g/mol. The molecule has 0 saturated heterocycles. The van der Waals surface area contributed by atoms with Crippen molar-refractivity contribution in [2.45, 2.75) is 13.0 Å². The molecule has 0 aromatic heterocycles. The fourth-order valence-electron chi connectivity index (χ4n) is 1.60. The Kier molecular flexibility index (Phi) is 4.00. The SMILES string of the molecule is CC(OC(=O)c1ccccc1)c1ccc(Cl)cc1. The van der Waals surface area contributed by atoms with E-state index in [2.05, 4.69) is 0 Å². The minimum absolute atomic E-state index is 0.296. The van der Waals surface area contributed by atoms with Gasteiger partial charge < -0.3 is 4.74 Å². The highest BCUT2D eigenvalue weighted by Gasteiger charge is 2.12. The Morgan fingerprint density at radius 3 is 2.28 bits per heavy atom. The van der Waals surface area contributed by atoms with E-state index in [4.69, 9.17) is 16.3 Å². The van der Waals surface area contributed by atoms with Gasteiger partial charge in [0, 0.05) is 5.02 Å². The normalized spacial score (nSPS) is 11.9. The first kappa shape index (κ1) is 12.7. The van der Waals surface area contributed by atoms with Crippen molar-refractivity contribution >= 4 is 17.6 Å². The van der Waals surface area contributed by atoms with Crippen molar-refractivity contribution in [2.75, 3.05) is 0 Å². The van der Waals surface area contributed by atoms with Crippen LogP contribution in [0.2, 0.25) is 5.02 Å². The van der Waals surface area contributed by atoms with Crippen molar-refractivity contribution < 1.29 is 9.53 Å². The van der Waals surface area contributed by atoms with Crippen LogP contribution in [0.15, 0.2) is 54.6 Å². The predicted molar refractivity (Wildman–Crippen MR) is 71.7 cm³/mol. The lowest BCUT2D eigenvalue weighted by molar-refractivity contribution is 0.0338. The Hall–Kier alpha value is -1.80.